The van der Waals surface area contributed by atoms with E-state index in [1.165, 1.54) is 20.0 Å². The predicted molar refractivity (Wildman–Crippen MR) is 63.2 cm³/mol. The largest absolute Gasteiger partial charge is 0.469 e. The molecule has 3 rings (SSSR count). The highest BCUT2D eigenvalue weighted by molar-refractivity contribution is 6.30. The van der Waals surface area contributed by atoms with Crippen molar-refractivity contribution in [2.45, 2.75) is 44.1 Å². The smallest absolute Gasteiger partial charge is 0.314 e. The van der Waals surface area contributed by atoms with Gasteiger partial charge in [0.1, 0.15) is 11.7 Å². The molecule has 0 amide bonds. The molecule has 5 heteroatoms. The molecule has 1 atom stereocenters. The van der Waals surface area contributed by atoms with Crippen molar-refractivity contribution in [1.82, 2.24) is 9.55 Å². The minimum absolute atomic E-state index is 0.199. The van der Waals surface area contributed by atoms with Crippen molar-refractivity contribution in [1.29, 1.82) is 0 Å². The normalized spacial score (nSPS) is 23.3. The first-order valence-electron chi connectivity index (χ1n) is 6.06. The third kappa shape index (κ3) is 1.75. The lowest BCUT2D eigenvalue weighted by atomic mass is 9.96. The standard InChI is InChI=1S/C12H15ClN2O2/c1-17-12(16)8-3-2-6-15-9(8)10(13)14-11(15)7-4-5-7/h7-8H,2-6H2,1H3. The number of fused-ring (bicyclic) bond motifs is 1. The van der Waals surface area contributed by atoms with E-state index in [2.05, 4.69) is 9.55 Å². The van der Waals surface area contributed by atoms with Crippen molar-refractivity contribution < 1.29 is 9.53 Å². The van der Waals surface area contributed by atoms with Crippen LogP contribution in [0.4, 0.5) is 0 Å². The Morgan fingerprint density at radius 1 is 1.47 bits per heavy atom. The second-order valence-electron chi connectivity index (χ2n) is 4.79. The molecule has 0 spiro atoms. The topological polar surface area (TPSA) is 44.1 Å². The first-order valence-corrected chi connectivity index (χ1v) is 6.43. The van der Waals surface area contributed by atoms with Gasteiger partial charge in [0, 0.05) is 12.5 Å². The number of carbonyl (C=O) groups is 1. The predicted octanol–water partition coefficient (Wildman–Crippen LogP) is 2.46. The fraction of sp³-hybridized carbons (Fsp3) is 0.667. The summed E-state index contributed by atoms with van der Waals surface area (Å²) in [6.07, 6.45) is 4.17. The van der Waals surface area contributed by atoms with Crippen LogP contribution in [0.15, 0.2) is 0 Å². The summed E-state index contributed by atoms with van der Waals surface area (Å²) in [5.41, 5.74) is 0.867. The number of rotatable bonds is 2. The van der Waals surface area contributed by atoms with Gasteiger partial charge in [-0.1, -0.05) is 11.6 Å². The van der Waals surface area contributed by atoms with Crippen molar-refractivity contribution in [3.63, 3.8) is 0 Å². The van der Waals surface area contributed by atoms with Crippen molar-refractivity contribution >= 4 is 17.6 Å². The number of esters is 1. The van der Waals surface area contributed by atoms with Gasteiger partial charge in [-0.2, -0.15) is 0 Å². The Kier molecular flexibility index (Phi) is 2.62. The highest BCUT2D eigenvalue weighted by Gasteiger charge is 2.37. The summed E-state index contributed by atoms with van der Waals surface area (Å²) in [7, 11) is 1.42. The molecule has 1 aromatic rings. The van der Waals surface area contributed by atoms with Gasteiger partial charge in [0.25, 0.3) is 0 Å². The number of aromatic nitrogens is 2. The van der Waals surface area contributed by atoms with E-state index < -0.39 is 0 Å². The summed E-state index contributed by atoms with van der Waals surface area (Å²) in [6, 6.07) is 0. The number of hydrogen-bond acceptors (Lipinski definition) is 3. The Morgan fingerprint density at radius 2 is 2.24 bits per heavy atom. The lowest BCUT2D eigenvalue weighted by molar-refractivity contribution is -0.143. The van der Waals surface area contributed by atoms with Gasteiger partial charge >= 0.3 is 5.97 Å². The summed E-state index contributed by atoms with van der Waals surface area (Å²) in [5.74, 6) is 1.19. The maximum absolute atomic E-state index is 11.8. The fourth-order valence-corrected chi connectivity index (χ4v) is 2.96. The van der Waals surface area contributed by atoms with Gasteiger partial charge in [0.05, 0.1) is 12.8 Å². The van der Waals surface area contributed by atoms with Crippen molar-refractivity contribution in [2.75, 3.05) is 7.11 Å². The van der Waals surface area contributed by atoms with Crippen LogP contribution in [0.2, 0.25) is 5.15 Å². The molecule has 0 radical (unpaired) electrons. The van der Waals surface area contributed by atoms with Crippen LogP contribution in [0, 0.1) is 0 Å². The first kappa shape index (κ1) is 11.1. The summed E-state index contributed by atoms with van der Waals surface area (Å²) < 4.78 is 6.99. The summed E-state index contributed by atoms with van der Waals surface area (Å²) in [4.78, 5) is 16.2. The van der Waals surface area contributed by atoms with Crippen LogP contribution >= 0.6 is 11.6 Å². The van der Waals surface area contributed by atoms with Gasteiger partial charge < -0.3 is 9.30 Å². The minimum Gasteiger partial charge on any atom is -0.469 e. The Morgan fingerprint density at radius 3 is 2.88 bits per heavy atom. The molecule has 92 valence electrons. The van der Waals surface area contributed by atoms with Gasteiger partial charge in [-0.15, -0.1) is 0 Å². The van der Waals surface area contributed by atoms with Crippen molar-refractivity contribution in [2.24, 2.45) is 0 Å². The van der Waals surface area contributed by atoms with Crippen LogP contribution in [0.3, 0.4) is 0 Å². The van der Waals surface area contributed by atoms with Crippen LogP contribution in [0.25, 0.3) is 0 Å². The molecule has 17 heavy (non-hydrogen) atoms. The maximum atomic E-state index is 11.8. The van der Waals surface area contributed by atoms with Gasteiger partial charge in [-0.05, 0) is 25.7 Å². The molecule has 1 aliphatic carbocycles. The van der Waals surface area contributed by atoms with E-state index in [1.807, 2.05) is 0 Å². The molecule has 1 aromatic heterocycles. The third-order valence-corrected chi connectivity index (χ3v) is 3.90. The molecule has 2 aliphatic rings. The number of hydrogen-bond donors (Lipinski definition) is 0. The minimum atomic E-state index is -0.235. The van der Waals surface area contributed by atoms with E-state index >= 15 is 0 Å². The van der Waals surface area contributed by atoms with Crippen LogP contribution in [-0.4, -0.2) is 22.6 Å². The van der Waals surface area contributed by atoms with E-state index in [9.17, 15) is 4.79 Å². The SMILES string of the molecule is COC(=O)C1CCCn2c(C3CC3)nc(Cl)c21. The molecule has 0 N–H and O–H groups in total. The van der Waals surface area contributed by atoms with Crippen molar-refractivity contribution in [3.05, 3.63) is 16.7 Å². The molecule has 1 aliphatic heterocycles. The molecule has 0 bridgehead atoms. The Hall–Kier alpha value is -1.03. The lowest BCUT2D eigenvalue weighted by Gasteiger charge is -2.23. The lowest BCUT2D eigenvalue weighted by Crippen LogP contribution is -2.24. The van der Waals surface area contributed by atoms with Gasteiger partial charge in [0.15, 0.2) is 5.15 Å². The zero-order valence-electron chi connectivity index (χ0n) is 9.78. The number of halogens is 1. The van der Waals surface area contributed by atoms with Gasteiger partial charge in [-0.25, -0.2) is 4.98 Å². The monoisotopic (exact) mass is 254 g/mol. The molecule has 0 saturated heterocycles. The van der Waals surface area contributed by atoms with E-state index in [1.54, 1.807) is 0 Å². The second kappa shape index (κ2) is 4.02. The summed E-state index contributed by atoms with van der Waals surface area (Å²) in [6.45, 7) is 0.925. The van der Waals surface area contributed by atoms with Crippen LogP contribution in [-0.2, 0) is 16.1 Å². The zero-order valence-corrected chi connectivity index (χ0v) is 10.5. The number of nitrogens with zero attached hydrogens (tertiary/aromatic N) is 2. The third-order valence-electron chi connectivity index (χ3n) is 3.62. The van der Waals surface area contributed by atoms with Crippen molar-refractivity contribution in [3.8, 4) is 0 Å². The molecule has 4 nitrogen and oxygen atoms in total. The summed E-state index contributed by atoms with van der Waals surface area (Å²) >= 11 is 6.19. The van der Waals surface area contributed by atoms with E-state index in [4.69, 9.17) is 16.3 Å². The average molecular weight is 255 g/mol. The van der Waals surface area contributed by atoms with E-state index in [-0.39, 0.29) is 11.9 Å². The summed E-state index contributed by atoms with van der Waals surface area (Å²) in [5, 5.41) is 0.488. The molecule has 1 unspecified atom stereocenters. The van der Waals surface area contributed by atoms with Crippen LogP contribution in [0.1, 0.15) is 49.0 Å². The number of methoxy groups -OCH3 is 1. The molecule has 1 saturated carbocycles. The zero-order chi connectivity index (χ0) is 12.0. The Balaban J connectivity index is 2.04. The second-order valence-corrected chi connectivity index (χ2v) is 5.15. The molecule has 1 fully saturated rings. The number of imidazole rings is 1. The van der Waals surface area contributed by atoms with Crippen LogP contribution < -0.4 is 0 Å². The molecular weight excluding hydrogens is 240 g/mol. The van der Waals surface area contributed by atoms with E-state index in [0.29, 0.717) is 11.1 Å². The van der Waals surface area contributed by atoms with Gasteiger partial charge in [-0.3, -0.25) is 4.79 Å². The number of carbonyl (C=O) groups excluding carboxylic acids is 1. The Labute approximate surface area is 105 Å². The molecular formula is C12H15ClN2O2. The molecule has 0 aromatic carbocycles. The average Bonchev–Trinajstić information content (AvgIpc) is 3.13. The Bertz CT molecular complexity index is 465. The number of ether oxygens (including phenoxy) is 1. The van der Waals surface area contributed by atoms with E-state index in [0.717, 1.165) is 30.9 Å². The fourth-order valence-electron chi connectivity index (χ4n) is 2.64. The molecule has 2 heterocycles. The maximum Gasteiger partial charge on any atom is 0.314 e. The first-order chi connectivity index (χ1) is 8.22. The van der Waals surface area contributed by atoms with Gasteiger partial charge in [0.2, 0.25) is 0 Å². The highest BCUT2D eigenvalue weighted by Crippen LogP contribution is 2.44. The van der Waals surface area contributed by atoms with Crippen LogP contribution in [0.5, 0.6) is 0 Å². The highest BCUT2D eigenvalue weighted by atomic mass is 35.5. The quantitative estimate of drug-likeness (QED) is 0.762.